The fraction of sp³-hybridized carbons (Fsp3) is 0.400. The molecule has 274 valence electrons. The van der Waals surface area contributed by atoms with E-state index >= 15 is 0 Å². The van der Waals surface area contributed by atoms with Gasteiger partial charge in [0.15, 0.2) is 0 Å². The zero-order chi connectivity index (χ0) is 37.7. The van der Waals surface area contributed by atoms with Crippen LogP contribution in [0.2, 0.25) is 0 Å². The Labute approximate surface area is 305 Å². The summed E-state index contributed by atoms with van der Waals surface area (Å²) in [5.74, 6) is -0.768. The number of benzene rings is 2. The minimum absolute atomic E-state index is 0.0869. The number of anilines is 2. The van der Waals surface area contributed by atoms with E-state index in [0.29, 0.717) is 35.2 Å². The third-order valence-electron chi connectivity index (χ3n) is 9.19. The van der Waals surface area contributed by atoms with Crippen molar-refractivity contribution in [2.75, 3.05) is 24.0 Å². The van der Waals surface area contributed by atoms with Crippen molar-refractivity contribution in [3.63, 3.8) is 0 Å². The van der Waals surface area contributed by atoms with Crippen LogP contribution in [0.5, 0.6) is 5.75 Å². The summed E-state index contributed by atoms with van der Waals surface area (Å²) in [5, 5.41) is 0. The summed E-state index contributed by atoms with van der Waals surface area (Å²) in [6, 6.07) is 19.6. The lowest BCUT2D eigenvalue weighted by Crippen LogP contribution is -2.69. The van der Waals surface area contributed by atoms with Gasteiger partial charge in [0.2, 0.25) is 17.8 Å². The van der Waals surface area contributed by atoms with Gasteiger partial charge in [-0.1, -0.05) is 49.4 Å². The highest BCUT2D eigenvalue weighted by molar-refractivity contribution is 6.12. The minimum atomic E-state index is -1.05. The van der Waals surface area contributed by atoms with Crippen LogP contribution in [0, 0.1) is 12.8 Å². The zero-order valence-electron chi connectivity index (χ0n) is 31.2. The quantitative estimate of drug-likeness (QED) is 0.159. The minimum Gasteiger partial charge on any atom is -0.497 e. The number of hydrogen-bond acceptors (Lipinski definition) is 8. The lowest BCUT2D eigenvalue weighted by molar-refractivity contribution is -0.170. The first-order valence-electron chi connectivity index (χ1n) is 17.5. The standard InChI is InChI=1S/C40H48N6O6/c1-9-29(30-13-11-10-12-14-30)24-34(47)46-35(37(49)44(7)38-41-19-20-43(38)6)32(36(46)48)22-28-21-26(2)42-33(23-28)45(39(50)52-40(3,4)5)25-27-15-17-31(51-8)18-16-27/h10-21,23,29,32,35H,9,22,24-25H2,1-8H3/t29-,32+,35-/m0/s1. The molecule has 2 aromatic heterocycles. The number of ether oxygens (including phenoxy) is 2. The molecule has 0 unspecified atom stereocenters. The van der Waals surface area contributed by atoms with Crippen molar-refractivity contribution in [2.45, 2.75) is 78.0 Å². The van der Waals surface area contributed by atoms with Crippen molar-refractivity contribution in [3.8, 4) is 5.75 Å². The van der Waals surface area contributed by atoms with Gasteiger partial charge < -0.3 is 14.0 Å². The highest BCUT2D eigenvalue weighted by Gasteiger charge is 2.55. The molecule has 0 radical (unpaired) electrons. The Morgan fingerprint density at radius 3 is 2.29 bits per heavy atom. The molecule has 0 bridgehead atoms. The largest absolute Gasteiger partial charge is 0.497 e. The number of nitrogens with zero attached hydrogens (tertiary/aromatic N) is 6. The normalized spacial score (nSPS) is 16.2. The van der Waals surface area contributed by atoms with Gasteiger partial charge >= 0.3 is 6.09 Å². The molecule has 3 atom stereocenters. The molecule has 3 heterocycles. The van der Waals surface area contributed by atoms with Crippen molar-refractivity contribution in [2.24, 2.45) is 13.0 Å². The second-order valence-electron chi connectivity index (χ2n) is 14.2. The Hall–Kier alpha value is -5.52. The zero-order valence-corrected chi connectivity index (χ0v) is 31.2. The Morgan fingerprint density at radius 1 is 1.00 bits per heavy atom. The summed E-state index contributed by atoms with van der Waals surface area (Å²) >= 11 is 0. The molecular weight excluding hydrogens is 660 g/mol. The molecule has 5 rings (SSSR count). The van der Waals surface area contributed by atoms with Crippen molar-refractivity contribution in [1.82, 2.24) is 19.4 Å². The molecule has 1 saturated heterocycles. The molecule has 1 fully saturated rings. The number of likely N-dealkylation sites (tertiary alicyclic amines) is 1. The van der Waals surface area contributed by atoms with Gasteiger partial charge in [0.05, 0.1) is 19.6 Å². The van der Waals surface area contributed by atoms with Crippen LogP contribution in [-0.2, 0) is 39.1 Å². The highest BCUT2D eigenvalue weighted by Crippen LogP contribution is 2.36. The van der Waals surface area contributed by atoms with Crippen LogP contribution < -0.4 is 14.5 Å². The third-order valence-corrected chi connectivity index (χ3v) is 9.19. The van der Waals surface area contributed by atoms with E-state index < -0.39 is 41.4 Å². The van der Waals surface area contributed by atoms with Crippen molar-refractivity contribution >= 4 is 35.6 Å². The van der Waals surface area contributed by atoms with Gasteiger partial charge in [-0.3, -0.25) is 29.1 Å². The van der Waals surface area contributed by atoms with Gasteiger partial charge in [0.25, 0.3) is 5.91 Å². The monoisotopic (exact) mass is 708 g/mol. The van der Waals surface area contributed by atoms with E-state index in [9.17, 15) is 19.2 Å². The number of methoxy groups -OCH3 is 1. The Kier molecular flexibility index (Phi) is 11.5. The first-order valence-corrected chi connectivity index (χ1v) is 17.5. The summed E-state index contributed by atoms with van der Waals surface area (Å²) in [5.41, 5.74) is 2.35. The highest BCUT2D eigenvalue weighted by atomic mass is 16.6. The number of aryl methyl sites for hydroxylation is 2. The summed E-state index contributed by atoms with van der Waals surface area (Å²) < 4.78 is 12.8. The Morgan fingerprint density at radius 2 is 1.69 bits per heavy atom. The maximum atomic E-state index is 14.2. The fourth-order valence-electron chi connectivity index (χ4n) is 6.52. The molecule has 0 saturated carbocycles. The van der Waals surface area contributed by atoms with E-state index in [1.54, 1.807) is 71.9 Å². The second kappa shape index (κ2) is 15.8. The van der Waals surface area contributed by atoms with Crippen LogP contribution in [0.15, 0.2) is 79.1 Å². The number of hydrogen-bond donors (Lipinski definition) is 0. The Balaban J connectivity index is 1.46. The molecule has 4 aromatic rings. The van der Waals surface area contributed by atoms with Crippen LogP contribution in [0.3, 0.4) is 0 Å². The number of carbonyl (C=O) groups is 4. The lowest BCUT2D eigenvalue weighted by atomic mass is 9.80. The predicted molar refractivity (Wildman–Crippen MR) is 198 cm³/mol. The first-order chi connectivity index (χ1) is 24.7. The first kappa shape index (κ1) is 37.7. The number of carbonyl (C=O) groups excluding carboxylic acids is 4. The van der Waals surface area contributed by atoms with E-state index in [1.165, 1.54) is 9.80 Å². The van der Waals surface area contributed by atoms with Gasteiger partial charge in [0, 0.05) is 38.6 Å². The molecule has 0 N–H and O–H groups in total. The van der Waals surface area contributed by atoms with Crippen LogP contribution in [0.25, 0.3) is 0 Å². The summed E-state index contributed by atoms with van der Waals surface area (Å²) in [7, 11) is 4.95. The third kappa shape index (κ3) is 8.50. The number of amides is 4. The van der Waals surface area contributed by atoms with Crippen molar-refractivity contribution < 1.29 is 28.7 Å². The van der Waals surface area contributed by atoms with E-state index in [1.807, 2.05) is 67.6 Å². The second-order valence-corrected chi connectivity index (χ2v) is 14.2. The smallest absolute Gasteiger partial charge is 0.416 e. The summed E-state index contributed by atoms with van der Waals surface area (Å²) in [6.07, 6.45) is 3.64. The molecule has 12 nitrogen and oxygen atoms in total. The number of imide groups is 1. The Bertz CT molecular complexity index is 1900. The lowest BCUT2D eigenvalue weighted by Gasteiger charge is -2.46. The molecule has 52 heavy (non-hydrogen) atoms. The topological polar surface area (TPSA) is 127 Å². The molecule has 12 heteroatoms. The number of β-lactam (4-membered cyclic amide) rings is 1. The maximum Gasteiger partial charge on any atom is 0.416 e. The summed E-state index contributed by atoms with van der Waals surface area (Å²) in [6.45, 7) is 9.35. The fourth-order valence-corrected chi connectivity index (χ4v) is 6.52. The van der Waals surface area contributed by atoms with Gasteiger partial charge in [-0.05, 0) is 87.4 Å². The molecular formula is C40H48N6O6. The van der Waals surface area contributed by atoms with E-state index in [2.05, 4.69) is 9.97 Å². The number of pyridine rings is 1. The van der Waals surface area contributed by atoms with Gasteiger partial charge in [-0.25, -0.2) is 14.8 Å². The molecule has 0 aliphatic carbocycles. The number of rotatable bonds is 12. The van der Waals surface area contributed by atoms with E-state index in [0.717, 1.165) is 16.0 Å². The molecule has 1 aliphatic heterocycles. The average molecular weight is 709 g/mol. The maximum absolute atomic E-state index is 14.2. The van der Waals surface area contributed by atoms with Crippen LogP contribution >= 0.6 is 0 Å². The molecule has 0 spiro atoms. The SMILES string of the molecule is CC[C@@H](CC(=O)N1C(=O)[C@H](Cc2cc(C)nc(N(Cc3ccc(OC)cc3)C(=O)OC(C)(C)C)c2)[C@H]1C(=O)N(C)c1nccn1C)c1ccccc1. The van der Waals surface area contributed by atoms with Gasteiger partial charge in [-0.2, -0.15) is 0 Å². The van der Waals surface area contributed by atoms with E-state index in [4.69, 9.17) is 9.47 Å². The van der Waals surface area contributed by atoms with E-state index in [-0.39, 0.29) is 25.3 Å². The van der Waals surface area contributed by atoms with Crippen LogP contribution in [0.1, 0.15) is 68.8 Å². The molecule has 1 aliphatic rings. The van der Waals surface area contributed by atoms with Crippen LogP contribution in [-0.4, -0.2) is 69.1 Å². The summed E-state index contributed by atoms with van der Waals surface area (Å²) in [4.78, 5) is 68.7. The van der Waals surface area contributed by atoms with Crippen molar-refractivity contribution in [3.05, 3.63) is 102 Å². The predicted octanol–water partition coefficient (Wildman–Crippen LogP) is 6.22. The molecule has 4 amide bonds. The van der Waals surface area contributed by atoms with Gasteiger partial charge in [0.1, 0.15) is 23.2 Å². The number of aromatic nitrogens is 3. The van der Waals surface area contributed by atoms with Gasteiger partial charge in [-0.15, -0.1) is 0 Å². The number of likely N-dealkylation sites (N-methyl/N-ethyl adjacent to an activating group) is 1. The van der Waals surface area contributed by atoms with Crippen molar-refractivity contribution in [1.29, 1.82) is 0 Å². The average Bonchev–Trinajstić information content (AvgIpc) is 3.55. The number of imidazole rings is 1. The molecule has 2 aromatic carbocycles. The van der Waals surface area contributed by atoms with Crippen LogP contribution in [0.4, 0.5) is 16.6 Å².